The molecule has 0 unspecified atom stereocenters. The molecule has 1 amide bonds. The molecule has 0 radical (unpaired) electrons. The lowest BCUT2D eigenvalue weighted by Crippen LogP contribution is -2.31. The molecule has 0 spiro atoms. The molecule has 0 fully saturated rings. The van der Waals surface area contributed by atoms with Gasteiger partial charge in [-0.05, 0) is 47.8 Å². The maximum Gasteiger partial charge on any atom is 0.220 e. The van der Waals surface area contributed by atoms with Crippen molar-refractivity contribution in [3.8, 4) is 11.1 Å². The molecule has 2 aromatic carbocycles. The van der Waals surface area contributed by atoms with E-state index in [-0.39, 0.29) is 11.8 Å². The van der Waals surface area contributed by atoms with Gasteiger partial charge in [0, 0.05) is 26.0 Å². The fourth-order valence-electron chi connectivity index (χ4n) is 3.58. The van der Waals surface area contributed by atoms with Gasteiger partial charge in [0.05, 0.1) is 0 Å². The Kier molecular flexibility index (Phi) is 5.40. The number of hydrogen-bond donors (Lipinski definition) is 1. The minimum absolute atomic E-state index is 0.133. The van der Waals surface area contributed by atoms with Crippen molar-refractivity contribution >= 4 is 14.2 Å². The fourth-order valence-corrected chi connectivity index (χ4v) is 4.81. The molecule has 0 atom stereocenters. The van der Waals surface area contributed by atoms with Crippen LogP contribution >= 0.6 is 0 Å². The number of nitrogens with one attached hydrogen (secondary N) is 1. The molecule has 0 saturated heterocycles. The van der Waals surface area contributed by atoms with Crippen LogP contribution in [-0.4, -0.2) is 27.9 Å². The monoisotopic (exact) mass is 353 g/mol. The Labute approximate surface area is 151 Å². The Bertz CT molecular complexity index is 712. The van der Waals surface area contributed by atoms with Gasteiger partial charge >= 0.3 is 0 Å². The lowest BCUT2D eigenvalue weighted by molar-refractivity contribution is -0.121. The SMILES string of the molecule is CO[Si](C)(C)CCCNC(=O)CC1c2ccccc2-c2ccccc21. The maximum atomic E-state index is 12.5. The zero-order chi connectivity index (χ0) is 17.9. The van der Waals surface area contributed by atoms with Crippen molar-refractivity contribution in [2.45, 2.75) is 37.9 Å². The quantitative estimate of drug-likeness (QED) is 0.586. The molecule has 0 heterocycles. The summed E-state index contributed by atoms with van der Waals surface area (Å²) in [6.07, 6.45) is 1.50. The molecule has 1 N–H and O–H groups in total. The fraction of sp³-hybridized carbons (Fsp3) is 0.381. The van der Waals surface area contributed by atoms with Crippen LogP contribution < -0.4 is 5.32 Å². The van der Waals surface area contributed by atoms with Crippen molar-refractivity contribution < 1.29 is 9.22 Å². The van der Waals surface area contributed by atoms with Crippen LogP contribution in [0.1, 0.15) is 29.9 Å². The Morgan fingerprint density at radius 2 is 1.60 bits per heavy atom. The largest absolute Gasteiger partial charge is 0.420 e. The van der Waals surface area contributed by atoms with Gasteiger partial charge in [-0.2, -0.15) is 0 Å². The van der Waals surface area contributed by atoms with Crippen molar-refractivity contribution in [3.05, 3.63) is 59.7 Å². The van der Waals surface area contributed by atoms with Gasteiger partial charge in [-0.15, -0.1) is 0 Å². The third-order valence-corrected chi connectivity index (χ3v) is 7.85. The van der Waals surface area contributed by atoms with Gasteiger partial charge in [-0.25, -0.2) is 0 Å². The average molecular weight is 354 g/mol. The van der Waals surface area contributed by atoms with Crippen LogP contribution in [-0.2, 0) is 9.22 Å². The predicted octanol–water partition coefficient (Wildman–Crippen LogP) is 4.55. The summed E-state index contributed by atoms with van der Waals surface area (Å²) in [7, 11) is 0.260. The van der Waals surface area contributed by atoms with Crippen LogP contribution in [0.4, 0.5) is 0 Å². The second-order valence-electron chi connectivity index (χ2n) is 7.35. The second-order valence-corrected chi connectivity index (χ2v) is 11.8. The standard InChI is InChI=1S/C21H27NO2Si/c1-24-25(2,3)14-8-13-22-21(23)15-20-18-11-6-4-9-16(18)17-10-5-7-12-19(17)20/h4-7,9-12,20H,8,13-15H2,1-3H3,(H,22,23). The number of benzene rings is 2. The maximum absolute atomic E-state index is 12.5. The van der Waals surface area contributed by atoms with Gasteiger partial charge in [0.25, 0.3) is 0 Å². The van der Waals surface area contributed by atoms with Gasteiger partial charge in [-0.3, -0.25) is 4.79 Å². The van der Waals surface area contributed by atoms with Crippen molar-refractivity contribution in [3.63, 3.8) is 0 Å². The van der Waals surface area contributed by atoms with Crippen LogP contribution in [0.3, 0.4) is 0 Å². The van der Waals surface area contributed by atoms with E-state index in [2.05, 4.69) is 66.9 Å². The first-order valence-corrected chi connectivity index (χ1v) is 12.1. The summed E-state index contributed by atoms with van der Waals surface area (Å²) < 4.78 is 5.56. The van der Waals surface area contributed by atoms with Gasteiger partial charge in [0.15, 0.2) is 8.32 Å². The molecule has 2 aromatic rings. The van der Waals surface area contributed by atoms with E-state index in [0.717, 1.165) is 19.0 Å². The molecule has 0 aromatic heterocycles. The Hall–Kier alpha value is -1.91. The van der Waals surface area contributed by atoms with Gasteiger partial charge in [-0.1, -0.05) is 48.5 Å². The highest BCUT2D eigenvalue weighted by atomic mass is 28.4. The molecule has 1 aliphatic rings. The first-order chi connectivity index (χ1) is 12.0. The summed E-state index contributed by atoms with van der Waals surface area (Å²) in [6.45, 7) is 5.15. The Balaban J connectivity index is 1.62. The van der Waals surface area contributed by atoms with Crippen LogP contribution in [0.2, 0.25) is 19.1 Å². The Morgan fingerprint density at radius 1 is 1.04 bits per heavy atom. The van der Waals surface area contributed by atoms with E-state index in [9.17, 15) is 4.79 Å². The molecule has 4 heteroatoms. The highest BCUT2D eigenvalue weighted by molar-refractivity contribution is 6.71. The first-order valence-electron chi connectivity index (χ1n) is 9.02. The van der Waals surface area contributed by atoms with E-state index >= 15 is 0 Å². The smallest absolute Gasteiger partial charge is 0.220 e. The van der Waals surface area contributed by atoms with Gasteiger partial charge in [0.2, 0.25) is 5.91 Å². The molecule has 3 nitrogen and oxygen atoms in total. The molecule has 132 valence electrons. The summed E-state index contributed by atoms with van der Waals surface area (Å²) in [5.41, 5.74) is 5.08. The van der Waals surface area contributed by atoms with E-state index in [4.69, 9.17) is 4.43 Å². The van der Waals surface area contributed by atoms with E-state index in [0.29, 0.717) is 6.42 Å². The molecule has 0 aliphatic heterocycles. The molecular formula is C21H27NO2Si. The van der Waals surface area contributed by atoms with E-state index in [1.807, 2.05) is 0 Å². The topological polar surface area (TPSA) is 38.3 Å². The molecule has 3 rings (SSSR count). The number of carbonyl (C=O) groups is 1. The van der Waals surface area contributed by atoms with E-state index in [1.165, 1.54) is 22.3 Å². The summed E-state index contributed by atoms with van der Waals surface area (Å²) in [5.74, 6) is 0.297. The minimum atomic E-state index is -1.53. The summed E-state index contributed by atoms with van der Waals surface area (Å²) >= 11 is 0. The second kappa shape index (κ2) is 7.54. The third kappa shape index (κ3) is 4.02. The van der Waals surface area contributed by atoms with Gasteiger partial charge < -0.3 is 9.74 Å². The lowest BCUT2D eigenvalue weighted by atomic mass is 9.93. The third-order valence-electron chi connectivity index (χ3n) is 5.18. The van der Waals surface area contributed by atoms with E-state index in [1.54, 1.807) is 7.11 Å². The Morgan fingerprint density at radius 3 is 2.16 bits per heavy atom. The number of fused-ring (bicyclic) bond motifs is 3. The van der Waals surface area contributed by atoms with Crippen molar-refractivity contribution in [1.29, 1.82) is 0 Å². The zero-order valence-corrected chi connectivity index (χ0v) is 16.3. The number of amides is 1. The van der Waals surface area contributed by atoms with Crippen LogP contribution in [0.15, 0.2) is 48.5 Å². The average Bonchev–Trinajstić information content (AvgIpc) is 2.93. The lowest BCUT2D eigenvalue weighted by Gasteiger charge is -2.20. The van der Waals surface area contributed by atoms with Crippen LogP contribution in [0, 0.1) is 0 Å². The predicted molar refractivity (Wildman–Crippen MR) is 105 cm³/mol. The highest BCUT2D eigenvalue weighted by Crippen LogP contribution is 2.45. The molecule has 0 saturated carbocycles. The zero-order valence-electron chi connectivity index (χ0n) is 15.3. The number of carbonyl (C=O) groups excluding carboxylic acids is 1. The van der Waals surface area contributed by atoms with Gasteiger partial charge in [0.1, 0.15) is 0 Å². The molecular weight excluding hydrogens is 326 g/mol. The number of hydrogen-bond acceptors (Lipinski definition) is 2. The normalized spacial score (nSPS) is 13.4. The molecule has 0 bridgehead atoms. The summed E-state index contributed by atoms with van der Waals surface area (Å²) in [4.78, 5) is 12.5. The number of rotatable bonds is 7. The van der Waals surface area contributed by atoms with Crippen LogP contribution in [0.25, 0.3) is 11.1 Å². The summed E-state index contributed by atoms with van der Waals surface area (Å²) in [5, 5.41) is 3.10. The van der Waals surface area contributed by atoms with Crippen molar-refractivity contribution in [2.24, 2.45) is 0 Å². The first kappa shape index (κ1) is 17.9. The molecule has 1 aliphatic carbocycles. The summed E-state index contributed by atoms with van der Waals surface area (Å²) in [6, 6.07) is 17.9. The molecule has 25 heavy (non-hydrogen) atoms. The van der Waals surface area contributed by atoms with Crippen LogP contribution in [0.5, 0.6) is 0 Å². The minimum Gasteiger partial charge on any atom is -0.420 e. The van der Waals surface area contributed by atoms with E-state index < -0.39 is 8.32 Å². The van der Waals surface area contributed by atoms with Crippen molar-refractivity contribution in [2.75, 3.05) is 13.7 Å². The highest BCUT2D eigenvalue weighted by Gasteiger charge is 2.29. The van der Waals surface area contributed by atoms with Crippen molar-refractivity contribution in [1.82, 2.24) is 5.32 Å².